The molecular weight excluding hydrogens is 240 g/mol. The van der Waals surface area contributed by atoms with E-state index in [0.717, 1.165) is 19.3 Å². The highest BCUT2D eigenvalue weighted by Crippen LogP contribution is 2.33. The molecule has 4 heteroatoms. The van der Waals surface area contributed by atoms with E-state index in [9.17, 15) is 4.79 Å². The van der Waals surface area contributed by atoms with E-state index in [-0.39, 0.29) is 5.91 Å². The molecule has 110 valence electrons. The Labute approximate surface area is 116 Å². The number of ether oxygens (including phenoxy) is 1. The maximum atomic E-state index is 12.6. The standard InChI is InChI=1S/C15H28N2O2/c1-11-4-3-5-13(12(11)2)17-14(18)15(10-16)6-8-19-9-7-15/h11-13H,3-10,16H2,1-2H3,(H,17,18). The molecule has 0 aromatic rings. The number of hydrogen-bond donors (Lipinski definition) is 2. The Hall–Kier alpha value is -0.610. The Balaban J connectivity index is 1.98. The van der Waals surface area contributed by atoms with Crippen LogP contribution in [0.2, 0.25) is 0 Å². The van der Waals surface area contributed by atoms with Crippen LogP contribution >= 0.6 is 0 Å². The molecule has 0 radical (unpaired) electrons. The largest absolute Gasteiger partial charge is 0.381 e. The molecule has 2 fully saturated rings. The SMILES string of the molecule is CC1CCCC(NC(=O)C2(CN)CCOCC2)C1C. The normalized spacial score (nSPS) is 34.8. The highest BCUT2D eigenvalue weighted by atomic mass is 16.5. The van der Waals surface area contributed by atoms with Crippen molar-refractivity contribution in [2.24, 2.45) is 23.0 Å². The zero-order chi connectivity index (χ0) is 13.9. The average Bonchev–Trinajstić information content (AvgIpc) is 2.44. The van der Waals surface area contributed by atoms with Crippen LogP contribution in [0.4, 0.5) is 0 Å². The Bertz CT molecular complexity index is 313. The summed E-state index contributed by atoms with van der Waals surface area (Å²) in [5.74, 6) is 1.42. The number of carbonyl (C=O) groups excluding carboxylic acids is 1. The van der Waals surface area contributed by atoms with Crippen molar-refractivity contribution in [3.63, 3.8) is 0 Å². The summed E-state index contributed by atoms with van der Waals surface area (Å²) in [6, 6.07) is 0.322. The summed E-state index contributed by atoms with van der Waals surface area (Å²) < 4.78 is 5.37. The van der Waals surface area contributed by atoms with Crippen LogP contribution in [-0.2, 0) is 9.53 Å². The molecule has 1 aliphatic heterocycles. The maximum absolute atomic E-state index is 12.6. The highest BCUT2D eigenvalue weighted by molar-refractivity contribution is 5.83. The molecule has 4 nitrogen and oxygen atoms in total. The van der Waals surface area contributed by atoms with Gasteiger partial charge < -0.3 is 15.8 Å². The van der Waals surface area contributed by atoms with Gasteiger partial charge in [0.05, 0.1) is 5.41 Å². The van der Waals surface area contributed by atoms with Gasteiger partial charge in [0, 0.05) is 25.8 Å². The van der Waals surface area contributed by atoms with Crippen LogP contribution in [0.15, 0.2) is 0 Å². The number of hydrogen-bond acceptors (Lipinski definition) is 3. The molecule has 3 atom stereocenters. The molecule has 3 unspecified atom stereocenters. The first-order valence-electron chi connectivity index (χ1n) is 7.68. The predicted molar refractivity (Wildman–Crippen MR) is 75.7 cm³/mol. The molecule has 1 aliphatic carbocycles. The van der Waals surface area contributed by atoms with E-state index in [4.69, 9.17) is 10.5 Å². The molecule has 2 aliphatic rings. The van der Waals surface area contributed by atoms with Gasteiger partial charge in [-0.3, -0.25) is 4.79 Å². The van der Waals surface area contributed by atoms with Crippen molar-refractivity contribution in [1.82, 2.24) is 5.32 Å². The van der Waals surface area contributed by atoms with Crippen molar-refractivity contribution in [2.45, 2.75) is 52.0 Å². The van der Waals surface area contributed by atoms with E-state index in [1.54, 1.807) is 0 Å². The van der Waals surface area contributed by atoms with E-state index in [2.05, 4.69) is 19.2 Å². The first kappa shape index (κ1) is 14.8. The van der Waals surface area contributed by atoms with Gasteiger partial charge in [-0.1, -0.05) is 26.7 Å². The van der Waals surface area contributed by atoms with E-state index in [1.807, 2.05) is 0 Å². The molecule has 0 spiro atoms. The first-order valence-corrected chi connectivity index (χ1v) is 7.68. The zero-order valence-electron chi connectivity index (χ0n) is 12.3. The molecule has 0 aromatic heterocycles. The Morgan fingerprint density at radius 3 is 2.63 bits per heavy atom. The second-order valence-corrected chi connectivity index (χ2v) is 6.44. The Morgan fingerprint density at radius 1 is 1.32 bits per heavy atom. The van der Waals surface area contributed by atoms with Gasteiger partial charge in [-0.2, -0.15) is 0 Å². The molecule has 19 heavy (non-hydrogen) atoms. The number of nitrogens with two attached hydrogens (primary N) is 1. The van der Waals surface area contributed by atoms with Crippen LogP contribution < -0.4 is 11.1 Å². The van der Waals surface area contributed by atoms with Gasteiger partial charge >= 0.3 is 0 Å². The second kappa shape index (κ2) is 6.23. The summed E-state index contributed by atoms with van der Waals surface area (Å²) >= 11 is 0. The third-order valence-corrected chi connectivity index (χ3v) is 5.35. The van der Waals surface area contributed by atoms with Crippen LogP contribution in [0, 0.1) is 17.3 Å². The van der Waals surface area contributed by atoms with E-state index < -0.39 is 5.41 Å². The lowest BCUT2D eigenvalue weighted by Gasteiger charge is -2.39. The molecule has 2 rings (SSSR count). The number of amides is 1. The van der Waals surface area contributed by atoms with E-state index in [1.165, 1.54) is 12.8 Å². The van der Waals surface area contributed by atoms with Gasteiger partial charge in [-0.25, -0.2) is 0 Å². The molecule has 0 aromatic carbocycles. The molecule has 1 amide bonds. The number of rotatable bonds is 3. The van der Waals surface area contributed by atoms with Crippen LogP contribution in [0.1, 0.15) is 46.0 Å². The van der Waals surface area contributed by atoms with Crippen molar-refractivity contribution in [1.29, 1.82) is 0 Å². The van der Waals surface area contributed by atoms with Crippen molar-refractivity contribution < 1.29 is 9.53 Å². The number of nitrogens with one attached hydrogen (secondary N) is 1. The lowest BCUT2D eigenvalue weighted by molar-refractivity contribution is -0.137. The minimum absolute atomic E-state index is 0.157. The molecule has 0 bridgehead atoms. The zero-order valence-corrected chi connectivity index (χ0v) is 12.3. The van der Waals surface area contributed by atoms with Gasteiger partial charge in [0.25, 0.3) is 0 Å². The minimum Gasteiger partial charge on any atom is -0.381 e. The van der Waals surface area contributed by atoms with Gasteiger partial charge in [-0.05, 0) is 31.1 Å². The van der Waals surface area contributed by atoms with E-state index in [0.29, 0.717) is 37.6 Å². The summed E-state index contributed by atoms with van der Waals surface area (Å²) in [5, 5.41) is 3.29. The monoisotopic (exact) mass is 268 g/mol. The van der Waals surface area contributed by atoms with Crippen LogP contribution in [-0.4, -0.2) is 31.7 Å². The quantitative estimate of drug-likeness (QED) is 0.818. The van der Waals surface area contributed by atoms with Crippen molar-refractivity contribution >= 4 is 5.91 Å². The topological polar surface area (TPSA) is 64.4 Å². The highest BCUT2D eigenvalue weighted by Gasteiger charge is 2.40. The fourth-order valence-electron chi connectivity index (χ4n) is 3.39. The first-order chi connectivity index (χ1) is 9.09. The van der Waals surface area contributed by atoms with Gasteiger partial charge in [-0.15, -0.1) is 0 Å². The molecule has 1 saturated carbocycles. The maximum Gasteiger partial charge on any atom is 0.227 e. The molecule has 3 N–H and O–H groups in total. The van der Waals surface area contributed by atoms with Gasteiger partial charge in [0.2, 0.25) is 5.91 Å². The van der Waals surface area contributed by atoms with Gasteiger partial charge in [0.15, 0.2) is 0 Å². The van der Waals surface area contributed by atoms with Crippen molar-refractivity contribution in [2.75, 3.05) is 19.8 Å². The van der Waals surface area contributed by atoms with Crippen LogP contribution in [0.3, 0.4) is 0 Å². The second-order valence-electron chi connectivity index (χ2n) is 6.44. The fraction of sp³-hybridized carbons (Fsp3) is 0.933. The summed E-state index contributed by atoms with van der Waals surface area (Å²) in [5.41, 5.74) is 5.50. The molecular formula is C15H28N2O2. The fourth-order valence-corrected chi connectivity index (χ4v) is 3.39. The summed E-state index contributed by atoms with van der Waals surface area (Å²) in [7, 11) is 0. The number of carbonyl (C=O) groups is 1. The predicted octanol–water partition coefficient (Wildman–Crippen LogP) is 1.68. The smallest absolute Gasteiger partial charge is 0.227 e. The van der Waals surface area contributed by atoms with Gasteiger partial charge in [0.1, 0.15) is 0 Å². The summed E-state index contributed by atoms with van der Waals surface area (Å²) in [6.45, 7) is 6.28. The molecule has 1 saturated heterocycles. The van der Waals surface area contributed by atoms with Crippen LogP contribution in [0.25, 0.3) is 0 Å². The van der Waals surface area contributed by atoms with Crippen LogP contribution in [0.5, 0.6) is 0 Å². The van der Waals surface area contributed by atoms with Crippen molar-refractivity contribution in [3.8, 4) is 0 Å². The third-order valence-electron chi connectivity index (χ3n) is 5.35. The average molecular weight is 268 g/mol. The lowest BCUT2D eigenvalue weighted by atomic mass is 9.75. The van der Waals surface area contributed by atoms with Crippen molar-refractivity contribution in [3.05, 3.63) is 0 Å². The molecule has 1 heterocycles. The van der Waals surface area contributed by atoms with E-state index >= 15 is 0 Å². The summed E-state index contributed by atoms with van der Waals surface area (Å²) in [4.78, 5) is 12.6. The minimum atomic E-state index is -0.390. The summed E-state index contributed by atoms with van der Waals surface area (Å²) in [6.07, 6.45) is 5.12. The Morgan fingerprint density at radius 2 is 2.00 bits per heavy atom. The lowest BCUT2D eigenvalue weighted by Crippen LogP contribution is -2.54. The third kappa shape index (κ3) is 3.11. The Kier molecular flexibility index (Phi) is 4.85.